The number of allylic oxidation sites excluding steroid dienone is 10. The second-order valence-electron chi connectivity index (χ2n) is 15.6. The van der Waals surface area contributed by atoms with Gasteiger partial charge in [0, 0.05) is 19.4 Å². The first-order valence-corrected chi connectivity index (χ1v) is 23.8. The van der Waals surface area contributed by atoms with Crippen LogP contribution in [0.4, 0.5) is 0 Å². The molecule has 0 fully saturated rings. The van der Waals surface area contributed by atoms with E-state index in [-0.39, 0.29) is 25.2 Å². The lowest BCUT2D eigenvalue weighted by Gasteiger charge is -2.18. The minimum Gasteiger partial charge on any atom is -0.462 e. The number of unbranched alkanes of at least 4 members (excludes halogenated alkanes) is 22. The van der Waals surface area contributed by atoms with Gasteiger partial charge in [0.05, 0.1) is 6.61 Å². The molecule has 0 aliphatic carbocycles. The molecule has 0 aliphatic rings. The summed E-state index contributed by atoms with van der Waals surface area (Å²) in [5, 5.41) is 0. The van der Waals surface area contributed by atoms with Gasteiger partial charge in [0.2, 0.25) is 0 Å². The van der Waals surface area contributed by atoms with E-state index in [4.69, 9.17) is 14.2 Å². The van der Waals surface area contributed by atoms with E-state index < -0.39 is 6.10 Å². The van der Waals surface area contributed by atoms with Gasteiger partial charge in [-0.2, -0.15) is 0 Å². The number of hydrogen-bond acceptors (Lipinski definition) is 5. The van der Waals surface area contributed by atoms with Gasteiger partial charge in [-0.05, 0) is 77.0 Å². The minimum absolute atomic E-state index is 0.0615. The first-order valence-electron chi connectivity index (χ1n) is 23.8. The van der Waals surface area contributed by atoms with Gasteiger partial charge in [0.15, 0.2) is 6.10 Å². The van der Waals surface area contributed by atoms with Crippen LogP contribution in [0.15, 0.2) is 60.8 Å². The zero-order valence-electron chi connectivity index (χ0n) is 37.1. The molecule has 0 aliphatic heterocycles. The number of carbonyl (C=O) groups excluding carboxylic acids is 2. The van der Waals surface area contributed by atoms with E-state index in [0.717, 1.165) is 83.5 Å². The Balaban J connectivity index is 4.31. The summed E-state index contributed by atoms with van der Waals surface area (Å²) in [7, 11) is 0. The number of ether oxygens (including phenoxy) is 3. The molecule has 324 valence electrons. The third-order valence-corrected chi connectivity index (χ3v) is 10.0. The van der Waals surface area contributed by atoms with Gasteiger partial charge in [0.25, 0.3) is 0 Å². The summed E-state index contributed by atoms with van der Waals surface area (Å²) in [6.45, 7) is 7.64. The SMILES string of the molecule is CC/C=C\C/C=C\C/C=C\C/C=C\CCCCC(=O)OCC(COCCCCCCCCCCCCCCCC)OC(=O)CCCCCCC/C=C\CCCC. The molecule has 5 nitrogen and oxygen atoms in total. The molecule has 1 atom stereocenters. The lowest BCUT2D eigenvalue weighted by molar-refractivity contribution is -0.163. The standard InChI is InChI=1S/C51H90O5/c1-4-7-10-13-16-19-22-24-26-27-30-32-35-38-41-44-50(52)55-48-49(56-51(53)45-42-39-36-33-29-21-18-15-12-9-6-3)47-54-46-43-40-37-34-31-28-25-23-20-17-14-11-8-5-2/h7,10,15-16,18-19,24,26,30,32,49H,4-6,8-9,11-14,17,20-23,25,27-29,31,33-48H2,1-3H3/b10-7-,18-15-,19-16-,26-24-,32-30-. The summed E-state index contributed by atoms with van der Waals surface area (Å²) in [6, 6.07) is 0. The molecule has 0 aromatic heterocycles. The largest absolute Gasteiger partial charge is 0.462 e. The van der Waals surface area contributed by atoms with Gasteiger partial charge in [-0.1, -0.05) is 197 Å². The van der Waals surface area contributed by atoms with Gasteiger partial charge in [-0.3, -0.25) is 9.59 Å². The quantitative estimate of drug-likeness (QED) is 0.0350. The second-order valence-corrected chi connectivity index (χ2v) is 15.6. The molecule has 0 aromatic rings. The Labute approximate surface area is 347 Å². The average molecular weight is 783 g/mol. The van der Waals surface area contributed by atoms with Crippen LogP contribution in [0.3, 0.4) is 0 Å². The van der Waals surface area contributed by atoms with Crippen LogP contribution < -0.4 is 0 Å². The third-order valence-electron chi connectivity index (χ3n) is 10.0. The van der Waals surface area contributed by atoms with Crippen LogP contribution in [-0.4, -0.2) is 37.9 Å². The second kappa shape index (κ2) is 47.0. The van der Waals surface area contributed by atoms with Crippen molar-refractivity contribution in [2.45, 2.75) is 232 Å². The molecule has 0 rings (SSSR count). The van der Waals surface area contributed by atoms with Crippen molar-refractivity contribution in [1.29, 1.82) is 0 Å². The summed E-state index contributed by atoms with van der Waals surface area (Å²) >= 11 is 0. The van der Waals surface area contributed by atoms with Gasteiger partial charge in [-0.25, -0.2) is 0 Å². The zero-order valence-corrected chi connectivity index (χ0v) is 37.1. The van der Waals surface area contributed by atoms with Crippen molar-refractivity contribution >= 4 is 11.9 Å². The first-order chi connectivity index (χ1) is 27.6. The first kappa shape index (κ1) is 53.6. The Bertz CT molecular complexity index is 977. The maximum atomic E-state index is 12.7. The molecule has 0 saturated carbocycles. The van der Waals surface area contributed by atoms with Crippen LogP contribution in [0.2, 0.25) is 0 Å². The van der Waals surface area contributed by atoms with Crippen molar-refractivity contribution < 1.29 is 23.8 Å². The highest BCUT2D eigenvalue weighted by molar-refractivity contribution is 5.70. The monoisotopic (exact) mass is 783 g/mol. The van der Waals surface area contributed by atoms with E-state index in [2.05, 4.69) is 81.5 Å². The Kier molecular flexibility index (Phi) is 45.0. The van der Waals surface area contributed by atoms with Crippen LogP contribution in [0.25, 0.3) is 0 Å². The fourth-order valence-electron chi connectivity index (χ4n) is 6.48. The van der Waals surface area contributed by atoms with Crippen LogP contribution in [0, 0.1) is 0 Å². The van der Waals surface area contributed by atoms with Crippen LogP contribution >= 0.6 is 0 Å². The third kappa shape index (κ3) is 44.3. The van der Waals surface area contributed by atoms with Crippen molar-refractivity contribution in [1.82, 2.24) is 0 Å². The molecule has 0 amide bonds. The molecule has 0 heterocycles. The minimum atomic E-state index is -0.554. The fraction of sp³-hybridized carbons (Fsp3) is 0.765. The summed E-state index contributed by atoms with van der Waals surface area (Å²) in [5.41, 5.74) is 0. The summed E-state index contributed by atoms with van der Waals surface area (Å²) in [6.07, 6.45) is 57.9. The predicted octanol–water partition coefficient (Wildman–Crippen LogP) is 15.8. The molecule has 1 unspecified atom stereocenters. The van der Waals surface area contributed by atoms with E-state index in [9.17, 15) is 9.59 Å². The van der Waals surface area contributed by atoms with Crippen LogP contribution in [0.1, 0.15) is 226 Å². The van der Waals surface area contributed by atoms with E-state index in [1.807, 2.05) is 0 Å². The van der Waals surface area contributed by atoms with E-state index in [1.165, 1.54) is 109 Å². The zero-order chi connectivity index (χ0) is 40.7. The number of carbonyl (C=O) groups is 2. The highest BCUT2D eigenvalue weighted by Crippen LogP contribution is 2.14. The van der Waals surface area contributed by atoms with Gasteiger partial charge < -0.3 is 14.2 Å². The van der Waals surface area contributed by atoms with Crippen LogP contribution in [0.5, 0.6) is 0 Å². The Hall–Kier alpha value is -2.40. The fourth-order valence-corrected chi connectivity index (χ4v) is 6.48. The molecule has 0 aromatic carbocycles. The lowest BCUT2D eigenvalue weighted by atomic mass is 10.0. The molecule has 0 N–H and O–H groups in total. The molecule has 5 heteroatoms. The normalized spacial score (nSPS) is 12.7. The van der Waals surface area contributed by atoms with E-state index >= 15 is 0 Å². The molecular formula is C51H90O5. The Morgan fingerprint density at radius 3 is 1.39 bits per heavy atom. The molecular weight excluding hydrogens is 693 g/mol. The molecule has 0 radical (unpaired) electrons. The predicted molar refractivity (Wildman–Crippen MR) is 242 cm³/mol. The molecule has 0 saturated heterocycles. The number of esters is 2. The van der Waals surface area contributed by atoms with Crippen LogP contribution in [-0.2, 0) is 23.8 Å². The van der Waals surface area contributed by atoms with Crippen molar-refractivity contribution in [2.24, 2.45) is 0 Å². The van der Waals surface area contributed by atoms with Gasteiger partial charge >= 0.3 is 11.9 Å². The van der Waals surface area contributed by atoms with Crippen molar-refractivity contribution in [3.63, 3.8) is 0 Å². The highest BCUT2D eigenvalue weighted by atomic mass is 16.6. The van der Waals surface area contributed by atoms with Gasteiger partial charge in [-0.15, -0.1) is 0 Å². The summed E-state index contributed by atoms with van der Waals surface area (Å²) < 4.78 is 17.3. The van der Waals surface area contributed by atoms with Crippen molar-refractivity contribution in [2.75, 3.05) is 19.8 Å². The summed E-state index contributed by atoms with van der Waals surface area (Å²) in [4.78, 5) is 25.2. The van der Waals surface area contributed by atoms with Gasteiger partial charge in [0.1, 0.15) is 6.61 Å². The topological polar surface area (TPSA) is 61.8 Å². The Morgan fingerprint density at radius 2 is 0.821 bits per heavy atom. The van der Waals surface area contributed by atoms with E-state index in [0.29, 0.717) is 19.4 Å². The van der Waals surface area contributed by atoms with Crippen molar-refractivity contribution in [3.05, 3.63) is 60.8 Å². The maximum absolute atomic E-state index is 12.7. The lowest BCUT2D eigenvalue weighted by Crippen LogP contribution is -2.30. The van der Waals surface area contributed by atoms with E-state index in [1.54, 1.807) is 0 Å². The molecule has 56 heavy (non-hydrogen) atoms. The smallest absolute Gasteiger partial charge is 0.306 e. The maximum Gasteiger partial charge on any atom is 0.306 e. The summed E-state index contributed by atoms with van der Waals surface area (Å²) in [5.74, 6) is -0.452. The molecule has 0 bridgehead atoms. The highest BCUT2D eigenvalue weighted by Gasteiger charge is 2.17. The average Bonchev–Trinajstić information content (AvgIpc) is 3.20. The number of hydrogen-bond donors (Lipinski definition) is 0. The van der Waals surface area contributed by atoms with Crippen molar-refractivity contribution in [3.8, 4) is 0 Å². The molecule has 0 spiro atoms. The number of rotatable bonds is 43. The Morgan fingerprint density at radius 1 is 0.411 bits per heavy atom.